The van der Waals surface area contributed by atoms with E-state index in [1.165, 1.54) is 13.3 Å². The molecule has 0 saturated heterocycles. The van der Waals surface area contributed by atoms with Crippen molar-refractivity contribution in [1.29, 1.82) is 0 Å². The van der Waals surface area contributed by atoms with Gasteiger partial charge in [0.2, 0.25) is 0 Å². The second kappa shape index (κ2) is 7.82. The summed E-state index contributed by atoms with van der Waals surface area (Å²) in [5, 5.41) is 19.0. The van der Waals surface area contributed by atoms with Crippen LogP contribution in [0.2, 0.25) is 6.82 Å². The summed E-state index contributed by atoms with van der Waals surface area (Å²) in [6.45, 7) is 0.722. The standard InChI is InChI=1S/C20H16BF3N4O2S/c1-21(29)14-6-12(10-3-4-11-15(25)8-27-28-16(11)5-10)13(7-17(14)30-2)19-26-9-18(31-19)20(22,23)24/h3-9,29H,1-2H3,(H2,25,28). The Balaban J connectivity index is 1.97. The zero-order chi connectivity index (χ0) is 22.3. The van der Waals surface area contributed by atoms with E-state index in [0.29, 0.717) is 55.8 Å². The molecule has 0 unspecified atom stereocenters. The van der Waals surface area contributed by atoms with Gasteiger partial charge in [-0.1, -0.05) is 19.0 Å². The van der Waals surface area contributed by atoms with Gasteiger partial charge in [0.25, 0.3) is 0 Å². The summed E-state index contributed by atoms with van der Waals surface area (Å²) in [6.07, 6.45) is -2.23. The minimum absolute atomic E-state index is 0.177. The van der Waals surface area contributed by atoms with E-state index in [2.05, 4.69) is 15.2 Å². The molecule has 11 heteroatoms. The van der Waals surface area contributed by atoms with E-state index < -0.39 is 18.0 Å². The lowest BCUT2D eigenvalue weighted by molar-refractivity contribution is -0.134. The van der Waals surface area contributed by atoms with Gasteiger partial charge >= 0.3 is 13.1 Å². The van der Waals surface area contributed by atoms with Crippen LogP contribution in [0.5, 0.6) is 5.75 Å². The third-order valence-corrected chi connectivity index (χ3v) is 5.89. The van der Waals surface area contributed by atoms with Crippen LogP contribution in [0.1, 0.15) is 4.88 Å². The minimum atomic E-state index is -4.49. The molecule has 0 bridgehead atoms. The van der Waals surface area contributed by atoms with Gasteiger partial charge in [-0.3, -0.25) is 0 Å². The maximum absolute atomic E-state index is 13.2. The summed E-state index contributed by atoms with van der Waals surface area (Å²) in [4.78, 5) is 3.20. The number of rotatable bonds is 4. The fourth-order valence-corrected chi connectivity index (χ4v) is 4.11. The van der Waals surface area contributed by atoms with Crippen LogP contribution in [0.3, 0.4) is 0 Å². The molecule has 0 amide bonds. The van der Waals surface area contributed by atoms with Crippen molar-refractivity contribution in [3.8, 4) is 27.4 Å². The quantitative estimate of drug-likeness (QED) is 0.465. The number of alkyl halides is 3. The normalized spacial score (nSPS) is 11.7. The van der Waals surface area contributed by atoms with Gasteiger partial charge < -0.3 is 15.5 Å². The second-order valence-electron chi connectivity index (χ2n) is 6.87. The Bertz CT molecular complexity index is 1280. The van der Waals surface area contributed by atoms with Crippen molar-refractivity contribution in [3.05, 3.63) is 47.6 Å². The number of nitrogen functional groups attached to an aromatic ring is 1. The number of thiazole rings is 1. The van der Waals surface area contributed by atoms with Crippen molar-refractivity contribution < 1.29 is 22.9 Å². The maximum Gasteiger partial charge on any atom is 0.427 e. The number of methoxy groups -OCH3 is 1. The fraction of sp³-hybridized carbons (Fsp3) is 0.150. The topological polar surface area (TPSA) is 94.2 Å². The highest BCUT2D eigenvalue weighted by Crippen LogP contribution is 2.41. The molecule has 4 aromatic rings. The molecule has 2 aromatic heterocycles. The summed E-state index contributed by atoms with van der Waals surface area (Å²) in [7, 11) is 1.43. The number of aromatic nitrogens is 3. The van der Waals surface area contributed by atoms with E-state index in [0.717, 1.165) is 6.20 Å². The number of nitrogens with zero attached hydrogens (tertiary/aromatic N) is 3. The zero-order valence-corrected chi connectivity index (χ0v) is 17.3. The molecule has 0 atom stereocenters. The maximum atomic E-state index is 13.2. The van der Waals surface area contributed by atoms with E-state index in [9.17, 15) is 18.2 Å². The SMILES string of the molecule is COc1cc(-c2ncc(C(F)(F)F)s2)c(-c2ccc3c(N)cnnc3c2)cc1B(C)O. The smallest absolute Gasteiger partial charge is 0.427 e. The van der Waals surface area contributed by atoms with E-state index in [1.54, 1.807) is 37.2 Å². The molecule has 158 valence electrons. The lowest BCUT2D eigenvalue weighted by atomic mass is 9.63. The first kappa shape index (κ1) is 21.1. The zero-order valence-electron chi connectivity index (χ0n) is 16.4. The Kier molecular flexibility index (Phi) is 5.32. The lowest BCUT2D eigenvalue weighted by Crippen LogP contribution is -2.28. The molecule has 0 aliphatic carbocycles. The largest absolute Gasteiger partial charge is 0.497 e. The lowest BCUT2D eigenvalue weighted by Gasteiger charge is -2.16. The molecular weight excluding hydrogens is 428 g/mol. The molecule has 3 N–H and O–H groups in total. The van der Waals surface area contributed by atoms with E-state index in [-0.39, 0.29) is 5.01 Å². The Labute approximate surface area is 179 Å². The molecule has 0 saturated carbocycles. The van der Waals surface area contributed by atoms with Crippen LogP contribution in [0.15, 0.2) is 42.7 Å². The van der Waals surface area contributed by atoms with Gasteiger partial charge in [-0.25, -0.2) is 4.98 Å². The Morgan fingerprint density at radius 2 is 1.90 bits per heavy atom. The van der Waals surface area contributed by atoms with Crippen LogP contribution >= 0.6 is 11.3 Å². The molecule has 0 spiro atoms. The number of halogens is 3. The van der Waals surface area contributed by atoms with Crippen molar-refractivity contribution >= 4 is 40.3 Å². The molecule has 4 rings (SSSR count). The molecular formula is C20H16BF3N4O2S. The number of nitrogens with two attached hydrogens (primary N) is 1. The summed E-state index contributed by atoms with van der Waals surface area (Å²) < 4.78 is 44.8. The van der Waals surface area contributed by atoms with Gasteiger partial charge in [-0.15, -0.1) is 11.3 Å². The van der Waals surface area contributed by atoms with Crippen LogP contribution in [0.4, 0.5) is 18.9 Å². The predicted octanol–water partition coefficient (Wildman–Crippen LogP) is 3.85. The monoisotopic (exact) mass is 444 g/mol. The number of anilines is 1. The van der Waals surface area contributed by atoms with Crippen LogP contribution in [-0.4, -0.2) is 34.2 Å². The van der Waals surface area contributed by atoms with Crippen molar-refractivity contribution in [2.24, 2.45) is 0 Å². The Hall–Kier alpha value is -3.18. The summed E-state index contributed by atoms with van der Waals surface area (Å²) in [5.41, 5.74) is 9.12. The average molecular weight is 444 g/mol. The highest BCUT2D eigenvalue weighted by Gasteiger charge is 2.34. The molecule has 31 heavy (non-hydrogen) atoms. The van der Waals surface area contributed by atoms with Crippen LogP contribution in [0.25, 0.3) is 32.6 Å². The predicted molar refractivity (Wildman–Crippen MR) is 116 cm³/mol. The van der Waals surface area contributed by atoms with Gasteiger partial charge in [-0.2, -0.15) is 23.4 Å². The van der Waals surface area contributed by atoms with Crippen LogP contribution in [-0.2, 0) is 6.18 Å². The van der Waals surface area contributed by atoms with Crippen molar-refractivity contribution in [3.63, 3.8) is 0 Å². The Morgan fingerprint density at radius 1 is 1.13 bits per heavy atom. The first-order valence-corrected chi connectivity index (χ1v) is 9.95. The van der Waals surface area contributed by atoms with E-state index in [1.807, 2.05) is 0 Å². The van der Waals surface area contributed by atoms with E-state index >= 15 is 0 Å². The highest BCUT2D eigenvalue weighted by atomic mass is 32.1. The third kappa shape index (κ3) is 3.93. The molecule has 2 aromatic carbocycles. The van der Waals surface area contributed by atoms with Gasteiger partial charge in [-0.05, 0) is 34.8 Å². The second-order valence-corrected chi connectivity index (χ2v) is 7.91. The molecule has 0 aliphatic rings. The van der Waals surface area contributed by atoms with Crippen LogP contribution in [0, 0.1) is 0 Å². The number of ether oxygens (including phenoxy) is 1. The summed E-state index contributed by atoms with van der Waals surface area (Å²) >= 11 is 0.539. The molecule has 0 radical (unpaired) electrons. The van der Waals surface area contributed by atoms with Gasteiger partial charge in [0.15, 0.2) is 0 Å². The number of hydrogen-bond acceptors (Lipinski definition) is 7. The van der Waals surface area contributed by atoms with Crippen molar-refractivity contribution in [1.82, 2.24) is 15.2 Å². The molecule has 0 fully saturated rings. The highest BCUT2D eigenvalue weighted by molar-refractivity contribution is 7.15. The van der Waals surface area contributed by atoms with Crippen molar-refractivity contribution in [2.45, 2.75) is 13.0 Å². The minimum Gasteiger partial charge on any atom is -0.497 e. The summed E-state index contributed by atoms with van der Waals surface area (Å²) in [6, 6.07) is 8.58. The van der Waals surface area contributed by atoms with Gasteiger partial charge in [0, 0.05) is 10.9 Å². The average Bonchev–Trinajstić information content (AvgIpc) is 3.23. The van der Waals surface area contributed by atoms with E-state index in [4.69, 9.17) is 10.5 Å². The third-order valence-electron chi connectivity index (χ3n) is 4.82. The summed E-state index contributed by atoms with van der Waals surface area (Å²) in [5.74, 6) is 0.349. The Morgan fingerprint density at radius 3 is 2.55 bits per heavy atom. The molecule has 0 aliphatic heterocycles. The van der Waals surface area contributed by atoms with Crippen molar-refractivity contribution in [2.75, 3.05) is 12.8 Å². The molecule has 6 nitrogen and oxygen atoms in total. The fourth-order valence-electron chi connectivity index (χ4n) is 3.29. The first-order chi connectivity index (χ1) is 14.7. The number of fused-ring (bicyclic) bond motifs is 1. The van der Waals surface area contributed by atoms with Gasteiger partial charge in [0.1, 0.15) is 15.6 Å². The number of benzene rings is 2. The van der Waals surface area contributed by atoms with Crippen LogP contribution < -0.4 is 15.9 Å². The first-order valence-electron chi connectivity index (χ1n) is 9.13. The molecule has 2 heterocycles. The van der Waals surface area contributed by atoms with Gasteiger partial charge in [0.05, 0.1) is 30.7 Å². The number of hydrogen-bond donors (Lipinski definition) is 2.